The number of nitro groups is 1. The molecule has 1 aromatic heterocycles. The SMILES string of the molecule is O=Cc1ccc(Sc2nc(-c3ccc(Br)cc3)cc(C(F)(F)F)n2)c([N+](=O)[O-])c1. The summed E-state index contributed by atoms with van der Waals surface area (Å²) in [6.45, 7) is 0. The highest BCUT2D eigenvalue weighted by molar-refractivity contribution is 9.10. The lowest BCUT2D eigenvalue weighted by atomic mass is 10.1. The Morgan fingerprint density at radius 1 is 1.07 bits per heavy atom. The first-order chi connectivity index (χ1) is 13.7. The van der Waals surface area contributed by atoms with Crippen molar-refractivity contribution in [3.05, 3.63) is 74.4 Å². The Balaban J connectivity index is 2.10. The number of carbonyl (C=O) groups is 1. The Hall–Kier alpha value is -2.79. The van der Waals surface area contributed by atoms with Gasteiger partial charge < -0.3 is 0 Å². The summed E-state index contributed by atoms with van der Waals surface area (Å²) in [6.07, 6.45) is -4.29. The highest BCUT2D eigenvalue weighted by Crippen LogP contribution is 2.37. The molecule has 0 aliphatic carbocycles. The summed E-state index contributed by atoms with van der Waals surface area (Å²) in [6, 6.07) is 10.9. The minimum absolute atomic E-state index is 0.0154. The molecular formula is C18H9BrF3N3O3S. The zero-order valence-electron chi connectivity index (χ0n) is 14.2. The van der Waals surface area contributed by atoms with Crippen molar-refractivity contribution >= 4 is 39.7 Å². The lowest BCUT2D eigenvalue weighted by Crippen LogP contribution is -2.10. The molecular weight excluding hydrogens is 475 g/mol. The molecule has 0 fully saturated rings. The van der Waals surface area contributed by atoms with Gasteiger partial charge in [-0.1, -0.05) is 34.1 Å². The number of hydrogen-bond donors (Lipinski definition) is 0. The van der Waals surface area contributed by atoms with Crippen LogP contribution in [-0.2, 0) is 6.18 Å². The lowest BCUT2D eigenvalue weighted by molar-refractivity contribution is -0.387. The Kier molecular flexibility index (Phi) is 5.99. The standard InChI is InChI=1S/C18H9BrF3N3O3S/c19-12-4-2-11(3-5-12)13-8-16(18(20,21)22)24-17(23-13)29-15-6-1-10(9-26)7-14(15)25(27)28/h1-9H. The van der Waals surface area contributed by atoms with Gasteiger partial charge in [0.05, 0.1) is 15.5 Å². The third kappa shape index (κ3) is 4.98. The second-order valence-electron chi connectivity index (χ2n) is 5.63. The molecule has 0 N–H and O–H groups in total. The first-order valence-electron chi connectivity index (χ1n) is 7.81. The van der Waals surface area contributed by atoms with Crippen molar-refractivity contribution in [1.29, 1.82) is 0 Å². The van der Waals surface area contributed by atoms with Crippen LogP contribution in [0.2, 0.25) is 0 Å². The van der Waals surface area contributed by atoms with E-state index in [4.69, 9.17) is 0 Å². The van der Waals surface area contributed by atoms with Crippen molar-refractivity contribution in [3.63, 3.8) is 0 Å². The fourth-order valence-corrected chi connectivity index (χ4v) is 3.44. The van der Waals surface area contributed by atoms with E-state index in [1.54, 1.807) is 24.3 Å². The predicted molar refractivity (Wildman–Crippen MR) is 103 cm³/mol. The average molecular weight is 484 g/mol. The maximum Gasteiger partial charge on any atom is 0.433 e. The molecule has 6 nitrogen and oxygen atoms in total. The second kappa shape index (κ2) is 8.29. The maximum atomic E-state index is 13.3. The minimum atomic E-state index is -4.73. The summed E-state index contributed by atoms with van der Waals surface area (Å²) in [7, 11) is 0. The Bertz CT molecular complexity index is 1090. The molecule has 11 heteroatoms. The molecule has 0 saturated heterocycles. The van der Waals surface area contributed by atoms with Crippen molar-refractivity contribution in [2.45, 2.75) is 16.2 Å². The number of rotatable bonds is 5. The molecule has 0 radical (unpaired) electrons. The summed E-state index contributed by atoms with van der Waals surface area (Å²) in [5.74, 6) is 0. The molecule has 0 unspecified atom stereocenters. The number of alkyl halides is 3. The number of aromatic nitrogens is 2. The van der Waals surface area contributed by atoms with Crippen molar-refractivity contribution in [2.75, 3.05) is 0 Å². The quantitative estimate of drug-likeness (QED) is 0.197. The second-order valence-corrected chi connectivity index (χ2v) is 7.55. The van der Waals surface area contributed by atoms with Crippen LogP contribution in [0.25, 0.3) is 11.3 Å². The van der Waals surface area contributed by atoms with Crippen molar-refractivity contribution in [3.8, 4) is 11.3 Å². The first kappa shape index (κ1) is 20.9. The number of hydrogen-bond acceptors (Lipinski definition) is 6. The number of halogens is 4. The number of nitro benzene ring substituents is 1. The number of carbonyl (C=O) groups excluding carboxylic acids is 1. The zero-order chi connectivity index (χ0) is 21.2. The Morgan fingerprint density at radius 2 is 1.76 bits per heavy atom. The molecule has 0 saturated carbocycles. The highest BCUT2D eigenvalue weighted by atomic mass is 79.9. The molecule has 1 heterocycles. The average Bonchev–Trinajstić information content (AvgIpc) is 2.67. The van der Waals surface area contributed by atoms with Gasteiger partial charge in [-0.15, -0.1) is 0 Å². The molecule has 0 bridgehead atoms. The topological polar surface area (TPSA) is 86.0 Å². The summed E-state index contributed by atoms with van der Waals surface area (Å²) in [5, 5.41) is 11.0. The van der Waals surface area contributed by atoms with Gasteiger partial charge in [0, 0.05) is 21.7 Å². The fraction of sp³-hybridized carbons (Fsp3) is 0.0556. The van der Waals surface area contributed by atoms with E-state index in [0.717, 1.165) is 16.6 Å². The fourth-order valence-electron chi connectivity index (χ4n) is 2.32. The van der Waals surface area contributed by atoms with Gasteiger partial charge in [-0.05, 0) is 36.0 Å². The summed E-state index contributed by atoms with van der Waals surface area (Å²) in [4.78, 5) is 29.1. The molecule has 3 rings (SSSR count). The van der Waals surface area contributed by atoms with Crippen molar-refractivity contribution in [2.24, 2.45) is 0 Å². The smallest absolute Gasteiger partial charge is 0.298 e. The van der Waals surface area contributed by atoms with E-state index in [1.807, 2.05) is 0 Å². The van der Waals surface area contributed by atoms with E-state index in [9.17, 15) is 28.1 Å². The monoisotopic (exact) mass is 483 g/mol. The molecule has 0 aliphatic rings. The largest absolute Gasteiger partial charge is 0.433 e. The van der Waals surface area contributed by atoms with E-state index in [2.05, 4.69) is 25.9 Å². The molecule has 0 aliphatic heterocycles. The first-order valence-corrected chi connectivity index (χ1v) is 9.42. The van der Waals surface area contributed by atoms with Gasteiger partial charge in [-0.3, -0.25) is 14.9 Å². The van der Waals surface area contributed by atoms with Gasteiger partial charge in [-0.25, -0.2) is 9.97 Å². The molecule has 0 spiro atoms. The van der Waals surface area contributed by atoms with Gasteiger partial charge in [0.25, 0.3) is 5.69 Å². The summed E-state index contributed by atoms with van der Waals surface area (Å²) < 4.78 is 40.7. The third-order valence-corrected chi connectivity index (χ3v) is 5.11. The summed E-state index contributed by atoms with van der Waals surface area (Å²) >= 11 is 3.87. The van der Waals surface area contributed by atoms with Crippen LogP contribution in [0, 0.1) is 10.1 Å². The predicted octanol–water partition coefficient (Wildman–Crippen LogP) is 5.80. The molecule has 2 aromatic carbocycles. The van der Waals surface area contributed by atoms with Gasteiger partial charge in [0.15, 0.2) is 5.16 Å². The zero-order valence-corrected chi connectivity index (χ0v) is 16.6. The van der Waals surface area contributed by atoms with Gasteiger partial charge in [0.2, 0.25) is 0 Å². The highest BCUT2D eigenvalue weighted by Gasteiger charge is 2.34. The van der Waals surface area contributed by atoms with Gasteiger partial charge in [-0.2, -0.15) is 13.2 Å². The molecule has 148 valence electrons. The van der Waals surface area contributed by atoms with Gasteiger partial charge in [0.1, 0.15) is 12.0 Å². The van der Waals surface area contributed by atoms with Crippen molar-refractivity contribution in [1.82, 2.24) is 9.97 Å². The normalized spacial score (nSPS) is 11.3. The Labute approximate surface area is 174 Å². The van der Waals surface area contributed by atoms with Gasteiger partial charge >= 0.3 is 6.18 Å². The molecule has 29 heavy (non-hydrogen) atoms. The van der Waals surface area contributed by atoms with Crippen LogP contribution in [0.4, 0.5) is 18.9 Å². The molecule has 0 atom stereocenters. The van der Waals surface area contributed by atoms with Crippen LogP contribution in [-0.4, -0.2) is 21.2 Å². The van der Waals surface area contributed by atoms with Crippen LogP contribution in [0.5, 0.6) is 0 Å². The van der Waals surface area contributed by atoms with E-state index in [-0.39, 0.29) is 21.3 Å². The van der Waals surface area contributed by atoms with Crippen LogP contribution in [0.3, 0.4) is 0 Å². The van der Waals surface area contributed by atoms with Crippen LogP contribution in [0.1, 0.15) is 16.1 Å². The number of benzene rings is 2. The summed E-state index contributed by atoms with van der Waals surface area (Å²) in [5.41, 5.74) is -1.07. The maximum absolute atomic E-state index is 13.3. The van der Waals surface area contributed by atoms with E-state index in [0.29, 0.717) is 23.6 Å². The molecule has 0 amide bonds. The Morgan fingerprint density at radius 3 is 2.34 bits per heavy atom. The van der Waals surface area contributed by atoms with Crippen LogP contribution >= 0.6 is 27.7 Å². The van der Waals surface area contributed by atoms with Crippen molar-refractivity contribution < 1.29 is 22.9 Å². The van der Waals surface area contributed by atoms with E-state index in [1.165, 1.54) is 12.1 Å². The number of aldehydes is 1. The minimum Gasteiger partial charge on any atom is -0.298 e. The van der Waals surface area contributed by atoms with Crippen LogP contribution in [0.15, 0.2) is 63.1 Å². The number of nitrogens with zero attached hydrogens (tertiary/aromatic N) is 3. The third-order valence-electron chi connectivity index (χ3n) is 3.65. The lowest BCUT2D eigenvalue weighted by Gasteiger charge is -2.11. The van der Waals surface area contributed by atoms with E-state index < -0.39 is 22.5 Å². The van der Waals surface area contributed by atoms with Crippen LogP contribution < -0.4 is 0 Å². The van der Waals surface area contributed by atoms with E-state index >= 15 is 0 Å². The molecule has 3 aromatic rings.